The minimum Gasteiger partial charge on any atom is -0.357 e. The predicted octanol–water partition coefficient (Wildman–Crippen LogP) is 2.00. The van der Waals surface area contributed by atoms with Crippen molar-refractivity contribution in [1.29, 1.82) is 0 Å². The van der Waals surface area contributed by atoms with Crippen molar-refractivity contribution in [2.45, 2.75) is 44.7 Å². The maximum Gasteiger partial charge on any atom is 0.183 e. The Bertz CT molecular complexity index is 297. The van der Waals surface area contributed by atoms with E-state index >= 15 is 0 Å². The van der Waals surface area contributed by atoms with Gasteiger partial charge in [-0.1, -0.05) is 6.92 Å². The monoisotopic (exact) mass is 211 g/mol. The average molecular weight is 211 g/mol. The predicted molar refractivity (Wildman–Crippen MR) is 60.7 cm³/mol. The van der Waals surface area contributed by atoms with Crippen molar-refractivity contribution >= 4 is 16.5 Å². The summed E-state index contributed by atoms with van der Waals surface area (Å²) < 4.78 is 0. The first-order chi connectivity index (χ1) is 6.79. The molecule has 2 unspecified atom stereocenters. The van der Waals surface area contributed by atoms with E-state index in [1.807, 2.05) is 0 Å². The van der Waals surface area contributed by atoms with Crippen LogP contribution in [0.4, 0.5) is 5.13 Å². The number of nitrogens with two attached hydrogens (primary N) is 1. The molecule has 3 N–H and O–H groups in total. The van der Waals surface area contributed by atoms with Gasteiger partial charge in [-0.05, 0) is 25.7 Å². The van der Waals surface area contributed by atoms with Gasteiger partial charge in [0.2, 0.25) is 0 Å². The molecule has 1 fully saturated rings. The van der Waals surface area contributed by atoms with E-state index in [0.717, 1.165) is 18.0 Å². The molecule has 2 atom stereocenters. The lowest BCUT2D eigenvalue weighted by molar-refractivity contribution is 0.637. The van der Waals surface area contributed by atoms with E-state index in [4.69, 9.17) is 5.73 Å². The second-order valence-corrected chi connectivity index (χ2v) is 4.70. The van der Waals surface area contributed by atoms with E-state index in [0.29, 0.717) is 12.1 Å². The van der Waals surface area contributed by atoms with Gasteiger partial charge in [0.1, 0.15) is 0 Å². The highest BCUT2D eigenvalue weighted by molar-refractivity contribution is 7.13. The van der Waals surface area contributed by atoms with Crippen molar-refractivity contribution in [3.63, 3.8) is 0 Å². The number of nitrogens with zero attached hydrogens (tertiary/aromatic N) is 1. The van der Waals surface area contributed by atoms with Crippen molar-refractivity contribution in [2.24, 2.45) is 5.73 Å². The summed E-state index contributed by atoms with van der Waals surface area (Å²) in [6.45, 7) is 2.13. The molecule has 2 rings (SSSR count). The first-order valence-electron chi connectivity index (χ1n) is 5.26. The van der Waals surface area contributed by atoms with Crippen molar-refractivity contribution in [1.82, 2.24) is 4.98 Å². The standard InChI is InChI=1S/C10H17N3S/c1-2-7-6-14-10(12-7)13-9-5-3-4-8(9)11/h6,8-9H,2-5,11H2,1H3,(H,12,13). The van der Waals surface area contributed by atoms with Crippen LogP contribution in [0.2, 0.25) is 0 Å². The third-order valence-corrected chi connectivity index (χ3v) is 3.61. The van der Waals surface area contributed by atoms with Gasteiger partial charge in [0.15, 0.2) is 5.13 Å². The largest absolute Gasteiger partial charge is 0.357 e. The van der Waals surface area contributed by atoms with E-state index in [1.54, 1.807) is 11.3 Å². The number of rotatable bonds is 3. The second-order valence-electron chi connectivity index (χ2n) is 3.84. The summed E-state index contributed by atoms with van der Waals surface area (Å²) in [5.41, 5.74) is 7.15. The Morgan fingerprint density at radius 2 is 2.50 bits per heavy atom. The molecular formula is C10H17N3S. The Hall–Kier alpha value is -0.610. The fourth-order valence-corrected chi connectivity index (χ4v) is 2.72. The molecule has 0 aromatic carbocycles. The zero-order chi connectivity index (χ0) is 9.97. The van der Waals surface area contributed by atoms with Gasteiger partial charge in [0.25, 0.3) is 0 Å². The molecule has 1 heterocycles. The SMILES string of the molecule is CCc1csc(NC2CCCC2N)n1. The highest BCUT2D eigenvalue weighted by Gasteiger charge is 2.24. The molecule has 14 heavy (non-hydrogen) atoms. The molecule has 0 aliphatic heterocycles. The summed E-state index contributed by atoms with van der Waals surface area (Å²) in [6, 6.07) is 0.745. The maximum atomic E-state index is 5.98. The Kier molecular flexibility index (Phi) is 3.03. The summed E-state index contributed by atoms with van der Waals surface area (Å²) in [5.74, 6) is 0. The summed E-state index contributed by atoms with van der Waals surface area (Å²) in [6.07, 6.45) is 4.58. The Morgan fingerprint density at radius 3 is 3.07 bits per heavy atom. The highest BCUT2D eigenvalue weighted by Crippen LogP contribution is 2.23. The molecule has 0 radical (unpaired) electrons. The number of aryl methyl sites for hydroxylation is 1. The first kappa shape index (κ1) is 9.93. The highest BCUT2D eigenvalue weighted by atomic mass is 32.1. The first-order valence-corrected chi connectivity index (χ1v) is 6.14. The molecular weight excluding hydrogens is 194 g/mol. The van der Waals surface area contributed by atoms with Crippen LogP contribution in [-0.2, 0) is 6.42 Å². The fourth-order valence-electron chi connectivity index (χ4n) is 1.86. The van der Waals surface area contributed by atoms with Crippen LogP contribution in [0.5, 0.6) is 0 Å². The van der Waals surface area contributed by atoms with E-state index in [1.165, 1.54) is 18.5 Å². The number of hydrogen-bond donors (Lipinski definition) is 2. The van der Waals surface area contributed by atoms with Crippen LogP contribution < -0.4 is 11.1 Å². The molecule has 1 aromatic heterocycles. The van der Waals surface area contributed by atoms with Crippen LogP contribution in [0.15, 0.2) is 5.38 Å². The third kappa shape index (κ3) is 2.07. The zero-order valence-corrected chi connectivity index (χ0v) is 9.31. The van der Waals surface area contributed by atoms with Gasteiger partial charge in [0.05, 0.1) is 5.69 Å². The van der Waals surface area contributed by atoms with E-state index < -0.39 is 0 Å². The quantitative estimate of drug-likeness (QED) is 0.804. The Balaban J connectivity index is 1.96. The summed E-state index contributed by atoms with van der Waals surface area (Å²) in [4.78, 5) is 4.48. The zero-order valence-electron chi connectivity index (χ0n) is 8.49. The van der Waals surface area contributed by atoms with Crippen molar-refractivity contribution in [3.05, 3.63) is 11.1 Å². The fraction of sp³-hybridized carbons (Fsp3) is 0.700. The topological polar surface area (TPSA) is 50.9 Å². The van der Waals surface area contributed by atoms with Gasteiger partial charge < -0.3 is 11.1 Å². The van der Waals surface area contributed by atoms with Crippen LogP contribution >= 0.6 is 11.3 Å². The third-order valence-electron chi connectivity index (χ3n) is 2.79. The van der Waals surface area contributed by atoms with E-state index in [9.17, 15) is 0 Å². The summed E-state index contributed by atoms with van der Waals surface area (Å²) in [7, 11) is 0. The van der Waals surface area contributed by atoms with Gasteiger partial charge in [-0.2, -0.15) is 0 Å². The van der Waals surface area contributed by atoms with Crippen molar-refractivity contribution in [2.75, 3.05) is 5.32 Å². The number of hydrogen-bond acceptors (Lipinski definition) is 4. The molecule has 78 valence electrons. The van der Waals surface area contributed by atoms with Crippen LogP contribution in [0.25, 0.3) is 0 Å². The number of nitrogens with one attached hydrogen (secondary N) is 1. The number of anilines is 1. The molecule has 3 nitrogen and oxygen atoms in total. The Morgan fingerprint density at radius 1 is 1.64 bits per heavy atom. The molecule has 4 heteroatoms. The average Bonchev–Trinajstić information content (AvgIpc) is 2.77. The van der Waals surface area contributed by atoms with Crippen LogP contribution in [0.3, 0.4) is 0 Å². The van der Waals surface area contributed by atoms with Gasteiger partial charge in [0, 0.05) is 17.5 Å². The van der Waals surface area contributed by atoms with Gasteiger partial charge >= 0.3 is 0 Å². The lowest BCUT2D eigenvalue weighted by Gasteiger charge is -2.15. The molecule has 1 aliphatic rings. The van der Waals surface area contributed by atoms with Crippen molar-refractivity contribution in [3.8, 4) is 0 Å². The molecule has 1 aliphatic carbocycles. The minimum atomic E-state index is 0.309. The van der Waals surface area contributed by atoms with Gasteiger partial charge in [-0.25, -0.2) is 4.98 Å². The summed E-state index contributed by atoms with van der Waals surface area (Å²) >= 11 is 1.69. The molecule has 1 aromatic rings. The normalized spacial score (nSPS) is 26.7. The second kappa shape index (κ2) is 4.28. The molecule has 1 saturated carbocycles. The van der Waals surface area contributed by atoms with E-state index in [-0.39, 0.29) is 0 Å². The minimum absolute atomic E-state index is 0.309. The van der Waals surface area contributed by atoms with Crippen molar-refractivity contribution < 1.29 is 0 Å². The smallest absolute Gasteiger partial charge is 0.183 e. The number of thiazole rings is 1. The van der Waals surface area contributed by atoms with Crippen LogP contribution in [0.1, 0.15) is 31.9 Å². The van der Waals surface area contributed by atoms with Gasteiger partial charge in [-0.3, -0.25) is 0 Å². The maximum absolute atomic E-state index is 5.98. The number of aromatic nitrogens is 1. The van der Waals surface area contributed by atoms with E-state index in [2.05, 4.69) is 22.6 Å². The lowest BCUT2D eigenvalue weighted by atomic mass is 10.2. The Labute approximate surface area is 88.7 Å². The molecule has 0 amide bonds. The van der Waals surface area contributed by atoms with Crippen LogP contribution in [0, 0.1) is 0 Å². The summed E-state index contributed by atoms with van der Waals surface area (Å²) in [5, 5.41) is 6.57. The van der Waals surface area contributed by atoms with Crippen LogP contribution in [-0.4, -0.2) is 17.1 Å². The lowest BCUT2D eigenvalue weighted by Crippen LogP contribution is -2.35. The molecule has 0 spiro atoms. The molecule has 0 bridgehead atoms. The van der Waals surface area contributed by atoms with Gasteiger partial charge in [-0.15, -0.1) is 11.3 Å². The molecule has 0 saturated heterocycles.